The number of benzene rings is 1. The molecule has 0 amide bonds. The highest BCUT2D eigenvalue weighted by Crippen LogP contribution is 2.17. The number of ether oxygens (including phenoxy) is 1. The molecule has 2 nitrogen and oxygen atoms in total. The molecule has 0 aromatic heterocycles. The van der Waals surface area contributed by atoms with E-state index in [0.29, 0.717) is 11.3 Å². The fourth-order valence-corrected chi connectivity index (χ4v) is 0.995. The fourth-order valence-electron chi connectivity index (χ4n) is 0.995. The van der Waals surface area contributed by atoms with Crippen LogP contribution in [0.1, 0.15) is 5.56 Å². The van der Waals surface area contributed by atoms with Gasteiger partial charge in [-0.25, -0.2) is 8.78 Å². The van der Waals surface area contributed by atoms with E-state index in [1.807, 2.05) is 0 Å². The summed E-state index contributed by atoms with van der Waals surface area (Å²) < 4.78 is 28.7. The van der Waals surface area contributed by atoms with Gasteiger partial charge >= 0.3 is 0 Å². The Bertz CT molecular complexity index is 368. The first-order valence-electron chi connectivity index (χ1n) is 4.43. The average molecular weight is 211 g/mol. The van der Waals surface area contributed by atoms with E-state index in [1.165, 1.54) is 0 Å². The molecule has 0 bridgehead atoms. The molecule has 0 spiro atoms. The van der Waals surface area contributed by atoms with Crippen LogP contribution in [0.2, 0.25) is 0 Å². The van der Waals surface area contributed by atoms with Crippen LogP contribution in [-0.4, -0.2) is 19.6 Å². The molecule has 0 fully saturated rings. The molecule has 0 aliphatic heterocycles. The topological polar surface area (TPSA) is 35.2 Å². The summed E-state index contributed by atoms with van der Waals surface area (Å²) in [5.41, 5.74) is 5.79. The van der Waals surface area contributed by atoms with Crippen LogP contribution < -0.4 is 10.5 Å². The third-order valence-electron chi connectivity index (χ3n) is 1.58. The Morgan fingerprint density at radius 2 is 2.07 bits per heavy atom. The van der Waals surface area contributed by atoms with Crippen molar-refractivity contribution >= 4 is 0 Å². The SMILES string of the molecule is NCC#Cc1ccccc1OCC(F)F. The van der Waals surface area contributed by atoms with Crippen LogP contribution in [-0.2, 0) is 0 Å². The standard InChI is InChI=1S/C11H11F2NO/c12-11(13)8-15-10-6-2-1-4-9(10)5-3-7-14/h1-2,4,6,11H,7-8,14H2. The molecular formula is C11H11F2NO. The van der Waals surface area contributed by atoms with Crippen molar-refractivity contribution in [2.45, 2.75) is 6.43 Å². The van der Waals surface area contributed by atoms with Crippen molar-refractivity contribution in [1.29, 1.82) is 0 Å². The number of nitrogens with two attached hydrogens (primary N) is 1. The zero-order valence-corrected chi connectivity index (χ0v) is 8.04. The quantitative estimate of drug-likeness (QED) is 0.771. The van der Waals surface area contributed by atoms with Gasteiger partial charge in [-0.15, -0.1) is 0 Å². The number of hydrogen-bond donors (Lipinski definition) is 1. The molecule has 15 heavy (non-hydrogen) atoms. The third kappa shape index (κ3) is 3.96. The molecule has 0 saturated carbocycles. The molecule has 0 unspecified atom stereocenters. The Morgan fingerprint density at radius 1 is 1.33 bits per heavy atom. The normalized spacial score (nSPS) is 9.60. The first kappa shape index (κ1) is 11.5. The molecule has 0 atom stereocenters. The predicted octanol–water partition coefficient (Wildman–Crippen LogP) is 1.64. The van der Waals surface area contributed by atoms with Crippen LogP contribution >= 0.6 is 0 Å². The molecule has 0 radical (unpaired) electrons. The van der Waals surface area contributed by atoms with Crippen LogP contribution in [0.25, 0.3) is 0 Å². The van der Waals surface area contributed by atoms with E-state index in [1.54, 1.807) is 24.3 Å². The van der Waals surface area contributed by atoms with Gasteiger partial charge in [-0.2, -0.15) is 0 Å². The molecule has 4 heteroatoms. The van der Waals surface area contributed by atoms with Gasteiger partial charge in [0.25, 0.3) is 6.43 Å². The lowest BCUT2D eigenvalue weighted by molar-refractivity contribution is 0.0818. The van der Waals surface area contributed by atoms with E-state index in [4.69, 9.17) is 10.5 Å². The molecule has 80 valence electrons. The van der Waals surface area contributed by atoms with Crippen LogP contribution in [0.15, 0.2) is 24.3 Å². The molecule has 1 aromatic rings. The lowest BCUT2D eigenvalue weighted by Crippen LogP contribution is -2.07. The Kier molecular flexibility index (Phi) is 4.58. The number of rotatable bonds is 3. The van der Waals surface area contributed by atoms with Crippen LogP contribution in [0.3, 0.4) is 0 Å². The zero-order valence-electron chi connectivity index (χ0n) is 8.04. The number of halogens is 2. The van der Waals surface area contributed by atoms with Gasteiger partial charge in [0.05, 0.1) is 12.1 Å². The summed E-state index contributed by atoms with van der Waals surface area (Å²) >= 11 is 0. The Balaban J connectivity index is 2.77. The molecule has 1 aromatic carbocycles. The van der Waals surface area contributed by atoms with Gasteiger partial charge in [0.2, 0.25) is 0 Å². The van der Waals surface area contributed by atoms with Crippen LogP contribution in [0.5, 0.6) is 5.75 Å². The molecule has 0 aliphatic rings. The fraction of sp³-hybridized carbons (Fsp3) is 0.273. The highest BCUT2D eigenvalue weighted by Gasteiger charge is 2.05. The van der Waals surface area contributed by atoms with Gasteiger partial charge in [0.15, 0.2) is 0 Å². The van der Waals surface area contributed by atoms with Crippen molar-refractivity contribution in [1.82, 2.24) is 0 Å². The molecule has 0 aliphatic carbocycles. The highest BCUT2D eigenvalue weighted by atomic mass is 19.3. The minimum atomic E-state index is -2.49. The van der Waals surface area contributed by atoms with Gasteiger partial charge < -0.3 is 10.5 Å². The van der Waals surface area contributed by atoms with Crippen molar-refractivity contribution in [3.8, 4) is 17.6 Å². The summed E-state index contributed by atoms with van der Waals surface area (Å²) in [5.74, 6) is 5.75. The molecule has 2 N–H and O–H groups in total. The lowest BCUT2D eigenvalue weighted by Gasteiger charge is -2.06. The second-order valence-electron chi connectivity index (χ2n) is 2.70. The lowest BCUT2D eigenvalue weighted by atomic mass is 10.2. The highest BCUT2D eigenvalue weighted by molar-refractivity contribution is 5.45. The van der Waals surface area contributed by atoms with Gasteiger partial charge in [-0.05, 0) is 12.1 Å². The second kappa shape index (κ2) is 5.99. The van der Waals surface area contributed by atoms with Crippen molar-refractivity contribution in [2.24, 2.45) is 5.73 Å². The van der Waals surface area contributed by atoms with E-state index in [0.717, 1.165) is 0 Å². The minimum Gasteiger partial charge on any atom is -0.486 e. The molecule has 0 saturated heterocycles. The summed E-state index contributed by atoms with van der Waals surface area (Å²) in [7, 11) is 0. The van der Waals surface area contributed by atoms with Gasteiger partial charge in [0, 0.05) is 0 Å². The summed E-state index contributed by atoms with van der Waals surface area (Å²) in [6.07, 6.45) is -2.49. The van der Waals surface area contributed by atoms with Crippen molar-refractivity contribution in [3.63, 3.8) is 0 Å². The molecular weight excluding hydrogens is 200 g/mol. The van der Waals surface area contributed by atoms with E-state index in [-0.39, 0.29) is 6.54 Å². The largest absolute Gasteiger partial charge is 0.486 e. The van der Waals surface area contributed by atoms with Gasteiger partial charge in [0.1, 0.15) is 12.4 Å². The van der Waals surface area contributed by atoms with Gasteiger partial charge in [-0.1, -0.05) is 24.0 Å². The zero-order chi connectivity index (χ0) is 11.1. The maximum Gasteiger partial charge on any atom is 0.272 e. The van der Waals surface area contributed by atoms with E-state index >= 15 is 0 Å². The average Bonchev–Trinajstić information content (AvgIpc) is 2.24. The maximum absolute atomic E-state index is 11.9. The van der Waals surface area contributed by atoms with Crippen molar-refractivity contribution < 1.29 is 13.5 Å². The first-order valence-corrected chi connectivity index (χ1v) is 4.43. The van der Waals surface area contributed by atoms with Crippen molar-refractivity contribution in [2.75, 3.05) is 13.2 Å². The number of para-hydroxylation sites is 1. The monoisotopic (exact) mass is 211 g/mol. The summed E-state index contributed by atoms with van der Waals surface area (Å²) in [5, 5.41) is 0. The van der Waals surface area contributed by atoms with E-state index < -0.39 is 13.0 Å². The number of alkyl halides is 2. The second-order valence-corrected chi connectivity index (χ2v) is 2.70. The third-order valence-corrected chi connectivity index (χ3v) is 1.58. The summed E-state index contributed by atoms with van der Waals surface area (Å²) in [4.78, 5) is 0. The van der Waals surface area contributed by atoms with Crippen molar-refractivity contribution in [3.05, 3.63) is 29.8 Å². The smallest absolute Gasteiger partial charge is 0.272 e. The Hall–Kier alpha value is -1.60. The van der Waals surface area contributed by atoms with Crippen LogP contribution in [0, 0.1) is 11.8 Å². The van der Waals surface area contributed by atoms with Crippen LogP contribution in [0.4, 0.5) is 8.78 Å². The number of hydrogen-bond acceptors (Lipinski definition) is 2. The molecule has 1 rings (SSSR count). The minimum absolute atomic E-state index is 0.225. The van der Waals surface area contributed by atoms with Gasteiger partial charge in [-0.3, -0.25) is 0 Å². The maximum atomic E-state index is 11.9. The van der Waals surface area contributed by atoms with E-state index in [2.05, 4.69) is 11.8 Å². The summed E-state index contributed by atoms with van der Waals surface area (Å²) in [6, 6.07) is 6.76. The Labute approximate surface area is 87.0 Å². The first-order chi connectivity index (χ1) is 7.24. The Morgan fingerprint density at radius 3 is 2.73 bits per heavy atom. The van der Waals surface area contributed by atoms with E-state index in [9.17, 15) is 8.78 Å². The predicted molar refractivity (Wildman–Crippen MR) is 53.9 cm³/mol. The summed E-state index contributed by atoms with van der Waals surface area (Å²) in [6.45, 7) is -0.398. The molecule has 0 heterocycles.